The predicted octanol–water partition coefficient (Wildman–Crippen LogP) is 4.33. The van der Waals surface area contributed by atoms with E-state index in [-0.39, 0.29) is 84.9 Å². The van der Waals surface area contributed by atoms with Crippen LogP contribution in [-0.4, -0.2) is 67.2 Å². The van der Waals surface area contributed by atoms with Gasteiger partial charge in [-0.15, -0.1) is 84.9 Å². The topological polar surface area (TPSA) is 77.1 Å². The fraction of sp³-hybridized carbons (Fsp3) is 0.583. The molecule has 0 aliphatic carbocycles. The van der Waals surface area contributed by atoms with Gasteiger partial charge in [0.2, 0.25) is 0 Å². The Kier molecular flexibility index (Phi) is 29.3. The van der Waals surface area contributed by atoms with Gasteiger partial charge in [-0.1, -0.05) is 24.3 Å². The molecule has 0 atom stereocenters. The summed E-state index contributed by atoms with van der Waals surface area (Å²) in [5.74, 6) is 0. The van der Waals surface area contributed by atoms with Crippen LogP contribution < -0.4 is 21.3 Å². The quantitative estimate of drug-likeness (QED) is 0.346. The van der Waals surface area contributed by atoms with Gasteiger partial charge in [0, 0.05) is 58.2 Å². The highest BCUT2D eigenvalue weighted by Gasteiger charge is 2.07. The average molecular weight is 830 g/mol. The zero-order valence-electron chi connectivity index (χ0n) is 21.0. The third-order valence-electron chi connectivity index (χ3n) is 5.52. The number of hydrogen-bond acceptors (Lipinski definition) is 7. The molecule has 1 aliphatic rings. The van der Waals surface area contributed by atoms with Crippen LogP contribution in [0.25, 0.3) is 0 Å². The van der Waals surface area contributed by atoms with Gasteiger partial charge < -0.3 is 21.3 Å². The molecule has 4 N–H and O–H groups in total. The summed E-state index contributed by atoms with van der Waals surface area (Å²) >= 11 is 0. The van der Waals surface area contributed by atoms with Gasteiger partial charge in [0.05, 0.1) is 11.4 Å². The lowest BCUT2D eigenvalue weighted by Gasteiger charge is -2.23. The molecule has 3 rings (SSSR count). The van der Waals surface area contributed by atoms with Gasteiger partial charge in [-0.3, -0.25) is 14.9 Å². The first kappa shape index (κ1) is 41.0. The maximum Gasteiger partial charge on any atom is 0.0724 e. The number of nitrogens with zero attached hydrogens (tertiary/aromatic N) is 3. The van der Waals surface area contributed by atoms with Crippen molar-refractivity contribution in [2.24, 2.45) is 0 Å². The van der Waals surface area contributed by atoms with Gasteiger partial charge in [0.1, 0.15) is 0 Å². The Morgan fingerprint density at radius 3 is 1.94 bits per heavy atom. The molecule has 1 aromatic heterocycles. The average Bonchev–Trinajstić information content (AvgIpc) is 2.79. The molecule has 7 nitrogen and oxygen atoms in total. The molecule has 0 amide bonds. The Labute approximate surface area is 270 Å². The highest BCUT2D eigenvalue weighted by Crippen LogP contribution is 2.08. The van der Waals surface area contributed by atoms with E-state index < -0.39 is 0 Å². The molecule has 2 aromatic rings. The van der Waals surface area contributed by atoms with Crippen molar-refractivity contribution in [2.75, 3.05) is 52.4 Å². The number of benzene rings is 1. The first-order valence-corrected chi connectivity index (χ1v) is 11.7. The number of aryl methyl sites for hydroxylation is 1. The molecule has 0 bridgehead atoms. The molecular formula is C24H44Br5N7. The van der Waals surface area contributed by atoms with E-state index in [0.717, 1.165) is 83.4 Å². The summed E-state index contributed by atoms with van der Waals surface area (Å²) in [6, 6.07) is 9.01. The van der Waals surface area contributed by atoms with Gasteiger partial charge in [-0.25, -0.2) is 0 Å². The van der Waals surface area contributed by atoms with Crippen LogP contribution in [0.5, 0.6) is 0 Å². The van der Waals surface area contributed by atoms with Gasteiger partial charge in [0.25, 0.3) is 0 Å². The van der Waals surface area contributed by atoms with E-state index in [1.165, 1.54) is 24.0 Å². The second kappa shape index (κ2) is 25.8. The maximum atomic E-state index is 4.39. The summed E-state index contributed by atoms with van der Waals surface area (Å²) in [4.78, 5) is 11.3. The molecule has 210 valence electrons. The third kappa shape index (κ3) is 17.9. The summed E-state index contributed by atoms with van der Waals surface area (Å²) in [6.45, 7) is 13.2. The molecule has 12 heteroatoms. The molecule has 0 saturated carbocycles. The van der Waals surface area contributed by atoms with Crippen molar-refractivity contribution in [2.45, 2.75) is 39.4 Å². The van der Waals surface area contributed by atoms with E-state index in [1.54, 1.807) is 0 Å². The monoisotopic (exact) mass is 825 g/mol. The molecule has 36 heavy (non-hydrogen) atoms. The van der Waals surface area contributed by atoms with E-state index in [2.05, 4.69) is 60.4 Å². The Balaban J connectivity index is -0.00000218. The number of hydrogen-bond donors (Lipinski definition) is 4. The summed E-state index contributed by atoms with van der Waals surface area (Å²) in [5.41, 5.74) is 4.60. The van der Waals surface area contributed by atoms with Crippen LogP contribution in [-0.2, 0) is 19.6 Å². The fourth-order valence-corrected chi connectivity index (χ4v) is 3.69. The van der Waals surface area contributed by atoms with Crippen molar-refractivity contribution in [1.29, 1.82) is 0 Å². The smallest absolute Gasteiger partial charge is 0.0724 e. The molecule has 2 heterocycles. The Morgan fingerprint density at radius 1 is 0.694 bits per heavy atom. The first-order chi connectivity index (χ1) is 15.3. The highest BCUT2D eigenvalue weighted by molar-refractivity contribution is 8.93. The van der Waals surface area contributed by atoms with E-state index in [9.17, 15) is 0 Å². The lowest BCUT2D eigenvalue weighted by molar-refractivity contribution is 0.260. The Hall–Kier alpha value is 0.500. The molecule has 0 radical (unpaired) electrons. The predicted molar refractivity (Wildman–Crippen MR) is 178 cm³/mol. The first-order valence-electron chi connectivity index (χ1n) is 11.7. The minimum atomic E-state index is 0. The molecule has 1 saturated heterocycles. The molecular weight excluding hydrogens is 786 g/mol. The molecule has 1 fully saturated rings. The standard InChI is InChI=1S/C24H39N7.5BrH/c1-21-16-30-24(19-29-21)18-28-17-22-4-6-23(7-5-22)20-31-14-3-10-26-12-11-25-8-2-9-27-13-15-31;;;;;/h4-7,16,19,25-28H,2-3,8-15,17-18,20H2,1H3;5*1H. The lowest BCUT2D eigenvalue weighted by atomic mass is 10.1. The Bertz CT molecular complexity index is 725. The van der Waals surface area contributed by atoms with Crippen LogP contribution in [0.3, 0.4) is 0 Å². The van der Waals surface area contributed by atoms with Crippen LogP contribution in [0.2, 0.25) is 0 Å². The lowest BCUT2D eigenvalue weighted by Crippen LogP contribution is -2.36. The minimum Gasteiger partial charge on any atom is -0.315 e. The second-order valence-electron chi connectivity index (χ2n) is 8.30. The van der Waals surface area contributed by atoms with E-state index in [0.29, 0.717) is 0 Å². The third-order valence-corrected chi connectivity index (χ3v) is 5.52. The largest absolute Gasteiger partial charge is 0.315 e. The summed E-state index contributed by atoms with van der Waals surface area (Å²) in [6.07, 6.45) is 6.03. The normalized spacial score (nSPS) is 15.4. The summed E-state index contributed by atoms with van der Waals surface area (Å²) < 4.78 is 0. The Morgan fingerprint density at radius 2 is 1.31 bits per heavy atom. The van der Waals surface area contributed by atoms with Gasteiger partial charge >= 0.3 is 0 Å². The van der Waals surface area contributed by atoms with Crippen molar-refractivity contribution >= 4 is 84.9 Å². The van der Waals surface area contributed by atoms with E-state index in [1.807, 2.05) is 19.3 Å². The number of aromatic nitrogens is 2. The summed E-state index contributed by atoms with van der Waals surface area (Å²) in [7, 11) is 0. The molecule has 0 unspecified atom stereocenters. The van der Waals surface area contributed by atoms with Crippen molar-refractivity contribution in [1.82, 2.24) is 36.1 Å². The molecule has 1 aliphatic heterocycles. The van der Waals surface area contributed by atoms with Gasteiger partial charge in [-0.05, 0) is 57.1 Å². The number of rotatable bonds is 6. The second-order valence-corrected chi connectivity index (χ2v) is 8.30. The van der Waals surface area contributed by atoms with Crippen molar-refractivity contribution in [3.8, 4) is 0 Å². The van der Waals surface area contributed by atoms with Gasteiger partial charge in [-0.2, -0.15) is 0 Å². The van der Waals surface area contributed by atoms with E-state index in [4.69, 9.17) is 0 Å². The van der Waals surface area contributed by atoms with Crippen LogP contribution in [0, 0.1) is 6.92 Å². The van der Waals surface area contributed by atoms with Crippen LogP contribution in [0.15, 0.2) is 36.7 Å². The van der Waals surface area contributed by atoms with Crippen molar-refractivity contribution < 1.29 is 0 Å². The molecule has 1 aromatic carbocycles. The van der Waals surface area contributed by atoms with Crippen LogP contribution in [0.1, 0.15) is 35.4 Å². The number of nitrogens with one attached hydrogen (secondary N) is 4. The zero-order chi connectivity index (χ0) is 21.6. The summed E-state index contributed by atoms with van der Waals surface area (Å²) in [5, 5.41) is 14.1. The van der Waals surface area contributed by atoms with Crippen molar-refractivity contribution in [3.63, 3.8) is 0 Å². The van der Waals surface area contributed by atoms with Crippen molar-refractivity contribution in [3.05, 3.63) is 59.2 Å². The van der Waals surface area contributed by atoms with Gasteiger partial charge in [0.15, 0.2) is 0 Å². The zero-order valence-corrected chi connectivity index (χ0v) is 29.6. The maximum absolute atomic E-state index is 4.39. The SMILES string of the molecule is Br.Br.Br.Br.Br.Cc1cnc(CNCc2ccc(CN3CCCNCCNCCCNCC3)cc2)cn1. The molecule has 0 spiro atoms. The minimum absolute atomic E-state index is 0. The van der Waals surface area contributed by atoms with Crippen LogP contribution in [0.4, 0.5) is 0 Å². The fourth-order valence-electron chi connectivity index (χ4n) is 3.69. The van der Waals surface area contributed by atoms with Crippen LogP contribution >= 0.6 is 84.9 Å². The van der Waals surface area contributed by atoms with E-state index >= 15 is 0 Å². The number of halogens is 5. The highest BCUT2D eigenvalue weighted by atomic mass is 79.9.